The van der Waals surface area contributed by atoms with Crippen molar-refractivity contribution in [3.8, 4) is 0 Å². The van der Waals surface area contributed by atoms with Gasteiger partial charge in [0.1, 0.15) is 0 Å². The van der Waals surface area contributed by atoms with Gasteiger partial charge in [-0.05, 0) is 18.6 Å². The number of nitro benzene ring substituents is 1. The van der Waals surface area contributed by atoms with Crippen LogP contribution in [-0.2, 0) is 4.79 Å². The lowest BCUT2D eigenvalue weighted by molar-refractivity contribution is -0.387. The molecule has 0 unspecified atom stereocenters. The van der Waals surface area contributed by atoms with Gasteiger partial charge in [-0.1, -0.05) is 6.07 Å². The molecule has 0 aliphatic rings. The summed E-state index contributed by atoms with van der Waals surface area (Å²) >= 11 is 1.01. The van der Waals surface area contributed by atoms with E-state index in [0.29, 0.717) is 10.5 Å². The lowest BCUT2D eigenvalue weighted by Gasteiger charge is -2.06. The van der Waals surface area contributed by atoms with Gasteiger partial charge in [-0.15, -0.1) is 11.8 Å². The number of aliphatic hydroxyl groups excluding tert-OH is 1. The fourth-order valence-electron chi connectivity index (χ4n) is 1.21. The molecule has 0 aliphatic carbocycles. The van der Waals surface area contributed by atoms with Gasteiger partial charge in [0.25, 0.3) is 5.69 Å². The fourth-order valence-corrected chi connectivity index (χ4v) is 1.95. The molecular weight excluding hydrogens is 244 g/mol. The van der Waals surface area contributed by atoms with Crippen LogP contribution in [0.4, 0.5) is 5.69 Å². The maximum atomic E-state index is 10.8. The summed E-state index contributed by atoms with van der Waals surface area (Å²) in [7, 11) is 0. The highest BCUT2D eigenvalue weighted by Crippen LogP contribution is 2.31. The molecule has 7 heteroatoms. The molecule has 1 aromatic carbocycles. The number of nitrogens with zero attached hydrogens (tertiary/aromatic N) is 1. The molecule has 0 aliphatic heterocycles. The predicted molar refractivity (Wildman–Crippen MR) is 63.6 cm³/mol. The van der Waals surface area contributed by atoms with Gasteiger partial charge in [0, 0.05) is 6.07 Å². The third kappa shape index (κ3) is 3.72. The van der Waals surface area contributed by atoms with Crippen LogP contribution in [0.15, 0.2) is 23.1 Å². The molecule has 1 amide bonds. The van der Waals surface area contributed by atoms with Gasteiger partial charge in [0.2, 0.25) is 5.91 Å². The van der Waals surface area contributed by atoms with Crippen LogP contribution < -0.4 is 5.73 Å². The van der Waals surface area contributed by atoms with E-state index < -0.39 is 16.9 Å². The average molecular weight is 256 g/mol. The Kier molecular flexibility index (Phi) is 4.47. The zero-order valence-electron chi connectivity index (χ0n) is 9.12. The van der Waals surface area contributed by atoms with E-state index in [0.717, 1.165) is 11.8 Å². The van der Waals surface area contributed by atoms with Gasteiger partial charge in [-0.3, -0.25) is 14.9 Å². The Morgan fingerprint density at radius 1 is 1.65 bits per heavy atom. The standard InChI is InChI=1S/C10H12N2O4S/c1-6(13)7-2-3-9(17-5-10(11)14)8(4-7)12(15)16/h2-4,6,13H,5H2,1H3,(H2,11,14)/t6-/m1/s1. The molecule has 0 saturated carbocycles. The first kappa shape index (κ1) is 13.5. The van der Waals surface area contributed by atoms with Crippen LogP contribution in [0.1, 0.15) is 18.6 Å². The second-order valence-electron chi connectivity index (χ2n) is 3.42. The second kappa shape index (κ2) is 5.65. The number of nitrogens with two attached hydrogens (primary N) is 1. The third-order valence-corrected chi connectivity index (χ3v) is 3.12. The largest absolute Gasteiger partial charge is 0.389 e. The van der Waals surface area contributed by atoms with E-state index in [1.165, 1.54) is 19.1 Å². The Labute approximate surface area is 102 Å². The molecule has 92 valence electrons. The SMILES string of the molecule is C[C@@H](O)c1ccc(SCC(N)=O)c([N+](=O)[O-])c1. The number of thioether (sulfide) groups is 1. The van der Waals surface area contributed by atoms with Gasteiger partial charge in [-0.25, -0.2) is 0 Å². The van der Waals surface area contributed by atoms with Crippen molar-refractivity contribution < 1.29 is 14.8 Å². The highest BCUT2D eigenvalue weighted by molar-refractivity contribution is 8.00. The number of amides is 1. The monoisotopic (exact) mass is 256 g/mol. The maximum absolute atomic E-state index is 10.8. The quantitative estimate of drug-likeness (QED) is 0.468. The molecule has 17 heavy (non-hydrogen) atoms. The smallest absolute Gasteiger partial charge is 0.283 e. The van der Waals surface area contributed by atoms with Gasteiger partial charge < -0.3 is 10.8 Å². The number of primary amides is 1. The van der Waals surface area contributed by atoms with Crippen molar-refractivity contribution in [1.82, 2.24) is 0 Å². The maximum Gasteiger partial charge on any atom is 0.283 e. The first-order valence-electron chi connectivity index (χ1n) is 4.79. The minimum atomic E-state index is -0.774. The van der Waals surface area contributed by atoms with E-state index in [1.54, 1.807) is 6.07 Å². The zero-order valence-corrected chi connectivity index (χ0v) is 9.94. The van der Waals surface area contributed by atoms with E-state index >= 15 is 0 Å². The van der Waals surface area contributed by atoms with E-state index in [2.05, 4.69) is 0 Å². The minimum absolute atomic E-state index is 0.0190. The van der Waals surface area contributed by atoms with Crippen molar-refractivity contribution in [3.63, 3.8) is 0 Å². The Morgan fingerprint density at radius 3 is 2.76 bits per heavy atom. The summed E-state index contributed by atoms with van der Waals surface area (Å²) in [6, 6.07) is 4.39. The molecule has 0 heterocycles. The number of rotatable bonds is 5. The highest BCUT2D eigenvalue weighted by Gasteiger charge is 2.17. The van der Waals surface area contributed by atoms with Crippen LogP contribution in [0.5, 0.6) is 0 Å². The van der Waals surface area contributed by atoms with Crippen LogP contribution in [-0.4, -0.2) is 21.7 Å². The first-order valence-corrected chi connectivity index (χ1v) is 5.78. The Morgan fingerprint density at radius 2 is 2.29 bits per heavy atom. The minimum Gasteiger partial charge on any atom is -0.389 e. The van der Waals surface area contributed by atoms with Gasteiger partial charge >= 0.3 is 0 Å². The summed E-state index contributed by atoms with van der Waals surface area (Å²) in [4.78, 5) is 21.3. The second-order valence-corrected chi connectivity index (χ2v) is 4.43. The van der Waals surface area contributed by atoms with Gasteiger partial charge in [-0.2, -0.15) is 0 Å². The van der Waals surface area contributed by atoms with Crippen molar-refractivity contribution >= 4 is 23.4 Å². The number of aliphatic hydroxyl groups is 1. The number of hydrogen-bond donors (Lipinski definition) is 2. The average Bonchev–Trinajstić information content (AvgIpc) is 2.25. The van der Waals surface area contributed by atoms with E-state index in [9.17, 15) is 20.0 Å². The van der Waals surface area contributed by atoms with Crippen LogP contribution in [0.3, 0.4) is 0 Å². The van der Waals surface area contributed by atoms with E-state index in [4.69, 9.17) is 5.73 Å². The summed E-state index contributed by atoms with van der Waals surface area (Å²) in [5.74, 6) is -0.557. The fraction of sp³-hybridized carbons (Fsp3) is 0.300. The Balaban J connectivity index is 3.04. The molecule has 0 bridgehead atoms. The van der Waals surface area contributed by atoms with Crippen molar-refractivity contribution in [2.45, 2.75) is 17.9 Å². The molecular formula is C10H12N2O4S. The molecule has 0 fully saturated rings. The van der Waals surface area contributed by atoms with Crippen molar-refractivity contribution in [2.24, 2.45) is 5.73 Å². The molecule has 1 aromatic rings. The molecule has 0 spiro atoms. The number of nitro groups is 1. The predicted octanol–water partition coefficient (Wildman–Crippen LogP) is 1.23. The number of carbonyl (C=O) groups is 1. The van der Waals surface area contributed by atoms with Crippen LogP contribution in [0, 0.1) is 10.1 Å². The lowest BCUT2D eigenvalue weighted by Crippen LogP contribution is -2.13. The Bertz CT molecular complexity index is 448. The van der Waals surface area contributed by atoms with Crippen LogP contribution in [0.2, 0.25) is 0 Å². The Hall–Kier alpha value is -1.60. The van der Waals surface area contributed by atoms with Crippen LogP contribution in [0.25, 0.3) is 0 Å². The number of hydrogen-bond acceptors (Lipinski definition) is 5. The van der Waals surface area contributed by atoms with Crippen molar-refractivity contribution in [1.29, 1.82) is 0 Å². The van der Waals surface area contributed by atoms with Gasteiger partial charge in [0.15, 0.2) is 0 Å². The molecule has 3 N–H and O–H groups in total. The lowest BCUT2D eigenvalue weighted by atomic mass is 10.1. The topological polar surface area (TPSA) is 106 Å². The molecule has 1 rings (SSSR count). The molecule has 1 atom stereocenters. The summed E-state index contributed by atoms with van der Waals surface area (Å²) in [5, 5.41) is 20.2. The van der Waals surface area contributed by atoms with Crippen LogP contribution >= 0.6 is 11.8 Å². The van der Waals surface area contributed by atoms with Crippen molar-refractivity contribution in [2.75, 3.05) is 5.75 Å². The van der Waals surface area contributed by atoms with E-state index in [1.807, 2.05) is 0 Å². The van der Waals surface area contributed by atoms with E-state index in [-0.39, 0.29) is 11.4 Å². The summed E-state index contributed by atoms with van der Waals surface area (Å²) < 4.78 is 0. The number of benzene rings is 1. The summed E-state index contributed by atoms with van der Waals surface area (Å²) in [5.41, 5.74) is 5.30. The highest BCUT2D eigenvalue weighted by atomic mass is 32.2. The molecule has 6 nitrogen and oxygen atoms in total. The molecule has 0 saturated heterocycles. The zero-order chi connectivity index (χ0) is 13.0. The molecule has 0 radical (unpaired) electrons. The van der Waals surface area contributed by atoms with Crippen molar-refractivity contribution in [3.05, 3.63) is 33.9 Å². The third-order valence-electron chi connectivity index (χ3n) is 2.03. The normalized spacial score (nSPS) is 12.1. The first-order chi connectivity index (χ1) is 7.91. The number of carbonyl (C=O) groups excluding carboxylic acids is 1. The summed E-state index contributed by atoms with van der Waals surface area (Å²) in [6.45, 7) is 1.52. The summed E-state index contributed by atoms with van der Waals surface area (Å²) in [6.07, 6.45) is -0.774. The van der Waals surface area contributed by atoms with Gasteiger partial charge in [0.05, 0.1) is 21.7 Å². The molecule has 0 aromatic heterocycles.